The fourth-order valence-corrected chi connectivity index (χ4v) is 0.363. The van der Waals surface area contributed by atoms with Gasteiger partial charge < -0.3 is 5.21 Å². The molecule has 0 unspecified atom stereocenters. The van der Waals surface area contributed by atoms with Gasteiger partial charge >= 0.3 is 0 Å². The van der Waals surface area contributed by atoms with Crippen molar-refractivity contribution in [1.82, 2.24) is 9.71 Å². The Hall–Kier alpha value is -1.32. The van der Waals surface area contributed by atoms with E-state index in [4.69, 9.17) is 10.6 Å². The van der Waals surface area contributed by atoms with Crippen molar-refractivity contribution in [2.24, 2.45) is 0 Å². The maximum Gasteiger partial charge on any atom is 0.255 e. The molecule has 0 aliphatic carbocycles. The van der Waals surface area contributed by atoms with Crippen LogP contribution in [0.2, 0.25) is 0 Å². The van der Waals surface area contributed by atoms with Crippen LogP contribution in [0.15, 0.2) is 18.5 Å². The molecule has 0 bridgehead atoms. The average molecular weight is 111 g/mol. The molecule has 8 heavy (non-hydrogen) atoms. The van der Waals surface area contributed by atoms with Gasteiger partial charge in [0, 0.05) is 12.4 Å². The molecule has 0 saturated heterocycles. The summed E-state index contributed by atoms with van der Waals surface area (Å²) in [5.74, 6) is 0. The summed E-state index contributed by atoms with van der Waals surface area (Å²) in [6, 6.07) is 1.54. The summed E-state index contributed by atoms with van der Waals surface area (Å²) >= 11 is 0. The molecule has 0 atom stereocenters. The highest BCUT2D eigenvalue weighted by molar-refractivity contribution is 4.75. The van der Waals surface area contributed by atoms with Crippen LogP contribution in [0.4, 0.5) is 0 Å². The molecule has 42 valence electrons. The minimum Gasteiger partial charge on any atom is -0.425 e. The highest BCUT2D eigenvalue weighted by Crippen LogP contribution is 1.67. The van der Waals surface area contributed by atoms with Crippen LogP contribution in [-0.2, 0) is 0 Å². The van der Waals surface area contributed by atoms with Gasteiger partial charge in [-0.15, -0.1) is 0 Å². The Morgan fingerprint density at radius 2 is 2.50 bits per heavy atom. The quantitative estimate of drug-likeness (QED) is 0.447. The average Bonchev–Trinajstić information content (AvgIpc) is 1.77. The van der Waals surface area contributed by atoms with Gasteiger partial charge in [0.25, 0.3) is 5.62 Å². The highest BCUT2D eigenvalue weighted by atomic mass is 16.5. The van der Waals surface area contributed by atoms with Gasteiger partial charge in [-0.25, -0.2) is 4.98 Å². The molecule has 2 N–H and O–H groups in total. The maximum absolute atomic E-state index is 8.59. The third-order valence-electron chi connectivity index (χ3n) is 0.727. The minimum absolute atomic E-state index is 0.160. The molecule has 0 aromatic carbocycles. The lowest BCUT2D eigenvalue weighted by Gasteiger charge is -1.89. The van der Waals surface area contributed by atoms with E-state index in [1.54, 1.807) is 0 Å². The van der Waals surface area contributed by atoms with Crippen molar-refractivity contribution < 1.29 is 5.21 Å². The molecule has 0 fully saturated rings. The molecule has 1 heterocycles. The topological polar surface area (TPSA) is 61.9 Å². The molecule has 4 nitrogen and oxygen atoms in total. The normalized spacial score (nSPS) is 9.00. The fraction of sp³-hybridized carbons (Fsp3) is 0. The zero-order valence-corrected chi connectivity index (χ0v) is 4.07. The van der Waals surface area contributed by atoms with E-state index in [0.717, 1.165) is 0 Å². The zero-order valence-electron chi connectivity index (χ0n) is 4.07. The van der Waals surface area contributed by atoms with Crippen LogP contribution in [0.5, 0.6) is 0 Å². The lowest BCUT2D eigenvalue weighted by atomic mass is 10.7. The van der Waals surface area contributed by atoms with Crippen molar-refractivity contribution >= 4 is 0 Å². The summed E-state index contributed by atoms with van der Waals surface area (Å²) in [6.45, 7) is 0. The number of hydrogen-bond donors (Lipinski definition) is 2. The van der Waals surface area contributed by atoms with E-state index in [-0.39, 0.29) is 5.62 Å². The number of hydrogen-bond acceptors (Lipinski definition) is 3. The molecule has 1 aromatic heterocycles. The van der Waals surface area contributed by atoms with E-state index in [9.17, 15) is 0 Å². The summed E-state index contributed by atoms with van der Waals surface area (Å²) in [7, 11) is 0. The Labute approximate surface area is 45.5 Å². The van der Waals surface area contributed by atoms with Crippen molar-refractivity contribution in [2.45, 2.75) is 0 Å². The summed E-state index contributed by atoms with van der Waals surface area (Å²) in [5.41, 5.74) is -0.160. The summed E-state index contributed by atoms with van der Waals surface area (Å²) in [6.07, 6.45) is 2.78. The van der Waals surface area contributed by atoms with Crippen LogP contribution in [-0.4, -0.2) is 14.9 Å². The number of nitrogens with one attached hydrogen (secondary N) is 1. The standard InChI is InChI=1S/C4H5N3O/c5-4-6-2-1-3-7(4)8/h1-3,5,8H. The summed E-state index contributed by atoms with van der Waals surface area (Å²) in [4.78, 5) is 3.46. The molecule has 4 heteroatoms. The van der Waals surface area contributed by atoms with Gasteiger partial charge in [-0.05, 0) is 6.07 Å². The first-order valence-corrected chi connectivity index (χ1v) is 2.08. The largest absolute Gasteiger partial charge is 0.425 e. The van der Waals surface area contributed by atoms with Crippen LogP contribution in [0.3, 0.4) is 0 Å². The first-order valence-electron chi connectivity index (χ1n) is 2.08. The monoisotopic (exact) mass is 111 g/mol. The molecular weight excluding hydrogens is 106 g/mol. The Balaban J connectivity index is 3.35. The Kier molecular flexibility index (Phi) is 0.997. The first kappa shape index (κ1) is 4.83. The van der Waals surface area contributed by atoms with Gasteiger partial charge in [-0.1, -0.05) is 0 Å². The van der Waals surface area contributed by atoms with Crippen molar-refractivity contribution in [1.29, 1.82) is 5.41 Å². The van der Waals surface area contributed by atoms with Gasteiger partial charge in [0.15, 0.2) is 0 Å². The fourth-order valence-electron chi connectivity index (χ4n) is 0.363. The van der Waals surface area contributed by atoms with Crippen LogP contribution >= 0.6 is 0 Å². The van der Waals surface area contributed by atoms with E-state index < -0.39 is 0 Å². The van der Waals surface area contributed by atoms with E-state index in [2.05, 4.69) is 4.98 Å². The predicted molar refractivity (Wildman–Crippen MR) is 25.3 cm³/mol. The second-order valence-corrected chi connectivity index (χ2v) is 1.29. The number of rotatable bonds is 0. The summed E-state index contributed by atoms with van der Waals surface area (Å²) in [5, 5.41) is 15.4. The van der Waals surface area contributed by atoms with Gasteiger partial charge in [0.1, 0.15) is 0 Å². The van der Waals surface area contributed by atoms with Crippen molar-refractivity contribution in [3.63, 3.8) is 0 Å². The SMILES string of the molecule is N=c1ncccn1O. The van der Waals surface area contributed by atoms with Crippen LogP contribution in [0.25, 0.3) is 0 Å². The van der Waals surface area contributed by atoms with E-state index in [1.165, 1.54) is 18.5 Å². The van der Waals surface area contributed by atoms with E-state index in [0.29, 0.717) is 4.73 Å². The van der Waals surface area contributed by atoms with Gasteiger partial charge in [0.2, 0.25) is 0 Å². The van der Waals surface area contributed by atoms with E-state index in [1.807, 2.05) is 0 Å². The Bertz CT molecular complexity index is 229. The van der Waals surface area contributed by atoms with Crippen LogP contribution in [0, 0.1) is 5.41 Å². The first-order chi connectivity index (χ1) is 3.80. The second-order valence-electron chi connectivity index (χ2n) is 1.29. The smallest absolute Gasteiger partial charge is 0.255 e. The van der Waals surface area contributed by atoms with E-state index >= 15 is 0 Å². The zero-order chi connectivity index (χ0) is 5.98. The highest BCUT2D eigenvalue weighted by Gasteiger charge is 1.79. The molecule has 1 rings (SSSR count). The molecular formula is C4H5N3O. The van der Waals surface area contributed by atoms with Crippen molar-refractivity contribution in [2.75, 3.05) is 0 Å². The lowest BCUT2D eigenvalue weighted by Crippen LogP contribution is -2.18. The van der Waals surface area contributed by atoms with Gasteiger partial charge in [-0.2, -0.15) is 4.73 Å². The Morgan fingerprint density at radius 3 is 2.88 bits per heavy atom. The third kappa shape index (κ3) is 0.676. The lowest BCUT2D eigenvalue weighted by molar-refractivity contribution is 0.165. The van der Waals surface area contributed by atoms with Crippen molar-refractivity contribution in [3.05, 3.63) is 24.1 Å². The third-order valence-corrected chi connectivity index (χ3v) is 0.727. The van der Waals surface area contributed by atoms with Crippen LogP contribution < -0.4 is 5.62 Å². The molecule has 0 spiro atoms. The number of nitrogens with zero attached hydrogens (tertiary/aromatic N) is 2. The molecule has 1 aromatic rings. The minimum atomic E-state index is -0.160. The molecule has 0 radical (unpaired) electrons. The van der Waals surface area contributed by atoms with Gasteiger partial charge in [0.05, 0.1) is 0 Å². The Morgan fingerprint density at radius 1 is 1.75 bits per heavy atom. The predicted octanol–water partition coefficient (Wildman–Crippen LogP) is -0.400. The second kappa shape index (κ2) is 1.65. The molecule has 0 amide bonds. The molecule has 0 aliphatic rings. The molecule has 0 saturated carbocycles. The molecule has 0 aliphatic heterocycles. The maximum atomic E-state index is 8.59. The number of aromatic nitrogens is 2. The van der Waals surface area contributed by atoms with Crippen LogP contribution in [0.1, 0.15) is 0 Å². The van der Waals surface area contributed by atoms with Crippen molar-refractivity contribution in [3.8, 4) is 0 Å². The summed E-state index contributed by atoms with van der Waals surface area (Å²) < 4.78 is 0.639. The van der Waals surface area contributed by atoms with Gasteiger partial charge in [-0.3, -0.25) is 5.41 Å².